The summed E-state index contributed by atoms with van der Waals surface area (Å²) in [7, 11) is 0. The predicted octanol–water partition coefficient (Wildman–Crippen LogP) is 0.942. The van der Waals surface area contributed by atoms with Gasteiger partial charge in [-0.05, 0) is 32.9 Å². The SMILES string of the molecule is Cc1c(O)cccc1C(=O)NCC(C)(C)C(N)=O. The lowest BCUT2D eigenvalue weighted by molar-refractivity contribution is -0.125. The van der Waals surface area contributed by atoms with Gasteiger partial charge in [-0.2, -0.15) is 0 Å². The summed E-state index contributed by atoms with van der Waals surface area (Å²) in [6.45, 7) is 5.12. The molecule has 0 saturated carbocycles. The normalized spacial score (nSPS) is 11.1. The Bertz CT molecular complexity index is 481. The molecule has 1 aromatic rings. The van der Waals surface area contributed by atoms with Crippen LogP contribution < -0.4 is 11.1 Å². The van der Waals surface area contributed by atoms with Crippen LogP contribution in [-0.4, -0.2) is 23.5 Å². The molecule has 0 fully saturated rings. The van der Waals surface area contributed by atoms with Gasteiger partial charge in [-0.3, -0.25) is 9.59 Å². The van der Waals surface area contributed by atoms with E-state index in [0.29, 0.717) is 11.1 Å². The first kappa shape index (κ1) is 14.0. The third-order valence-electron chi connectivity index (χ3n) is 2.91. The third kappa shape index (κ3) is 3.00. The van der Waals surface area contributed by atoms with Crippen molar-refractivity contribution >= 4 is 11.8 Å². The zero-order valence-corrected chi connectivity index (χ0v) is 10.8. The van der Waals surface area contributed by atoms with Crippen LogP contribution in [0.3, 0.4) is 0 Å². The number of primary amides is 1. The average Bonchev–Trinajstić information content (AvgIpc) is 2.29. The predicted molar refractivity (Wildman–Crippen MR) is 68.2 cm³/mol. The molecule has 0 bridgehead atoms. The molecule has 0 saturated heterocycles. The van der Waals surface area contributed by atoms with Crippen LogP contribution in [0.2, 0.25) is 0 Å². The number of rotatable bonds is 4. The van der Waals surface area contributed by atoms with Crippen molar-refractivity contribution < 1.29 is 14.7 Å². The fourth-order valence-electron chi connectivity index (χ4n) is 1.35. The van der Waals surface area contributed by atoms with E-state index < -0.39 is 11.3 Å². The summed E-state index contributed by atoms with van der Waals surface area (Å²) >= 11 is 0. The van der Waals surface area contributed by atoms with Gasteiger partial charge in [0.25, 0.3) is 5.91 Å². The Balaban J connectivity index is 2.78. The first-order valence-corrected chi connectivity index (χ1v) is 5.62. The van der Waals surface area contributed by atoms with Crippen LogP contribution in [0, 0.1) is 12.3 Å². The number of nitrogens with two attached hydrogens (primary N) is 1. The highest BCUT2D eigenvalue weighted by Gasteiger charge is 2.25. The third-order valence-corrected chi connectivity index (χ3v) is 2.91. The molecule has 0 aliphatic rings. The molecule has 0 aliphatic carbocycles. The molecule has 1 aromatic carbocycles. The van der Waals surface area contributed by atoms with E-state index in [1.807, 2.05) is 0 Å². The van der Waals surface area contributed by atoms with Gasteiger partial charge in [0, 0.05) is 17.7 Å². The minimum atomic E-state index is -0.805. The Morgan fingerprint density at radius 3 is 2.56 bits per heavy atom. The molecule has 1 rings (SSSR count). The summed E-state index contributed by atoms with van der Waals surface area (Å²) in [5, 5.41) is 12.1. The van der Waals surface area contributed by atoms with Crippen molar-refractivity contribution in [3.8, 4) is 5.75 Å². The van der Waals surface area contributed by atoms with Gasteiger partial charge in [0.15, 0.2) is 0 Å². The van der Waals surface area contributed by atoms with Crippen molar-refractivity contribution in [3.05, 3.63) is 29.3 Å². The number of benzene rings is 1. The molecule has 0 aromatic heterocycles. The fourth-order valence-corrected chi connectivity index (χ4v) is 1.35. The second kappa shape index (κ2) is 5.08. The molecule has 4 N–H and O–H groups in total. The van der Waals surface area contributed by atoms with Crippen LogP contribution in [0.25, 0.3) is 0 Å². The molecule has 5 heteroatoms. The summed E-state index contributed by atoms with van der Waals surface area (Å²) < 4.78 is 0. The van der Waals surface area contributed by atoms with E-state index in [1.165, 1.54) is 6.07 Å². The quantitative estimate of drug-likeness (QED) is 0.742. The van der Waals surface area contributed by atoms with Gasteiger partial charge < -0.3 is 16.2 Å². The van der Waals surface area contributed by atoms with Gasteiger partial charge in [-0.1, -0.05) is 6.07 Å². The fraction of sp³-hybridized carbons (Fsp3) is 0.385. The number of hydrogen-bond donors (Lipinski definition) is 3. The Hall–Kier alpha value is -2.04. The summed E-state index contributed by atoms with van der Waals surface area (Å²) in [6.07, 6.45) is 0. The molecule has 0 radical (unpaired) electrons. The van der Waals surface area contributed by atoms with E-state index in [-0.39, 0.29) is 18.2 Å². The molecule has 98 valence electrons. The highest BCUT2D eigenvalue weighted by molar-refractivity contribution is 5.96. The zero-order valence-electron chi connectivity index (χ0n) is 10.8. The first-order valence-electron chi connectivity index (χ1n) is 5.62. The Kier molecular flexibility index (Phi) is 3.96. The highest BCUT2D eigenvalue weighted by atomic mass is 16.3. The zero-order chi connectivity index (χ0) is 13.9. The Labute approximate surface area is 106 Å². The van der Waals surface area contributed by atoms with Gasteiger partial charge in [0.05, 0.1) is 5.41 Å². The smallest absolute Gasteiger partial charge is 0.251 e. The van der Waals surface area contributed by atoms with Crippen LogP contribution in [0.4, 0.5) is 0 Å². The number of hydrogen-bond acceptors (Lipinski definition) is 3. The molecule has 0 spiro atoms. The van der Waals surface area contributed by atoms with E-state index in [2.05, 4.69) is 5.32 Å². The van der Waals surface area contributed by atoms with Crippen LogP contribution in [0.5, 0.6) is 5.75 Å². The Morgan fingerprint density at radius 2 is 2.00 bits per heavy atom. The molecule has 5 nitrogen and oxygen atoms in total. The number of aromatic hydroxyl groups is 1. The van der Waals surface area contributed by atoms with Crippen molar-refractivity contribution in [3.63, 3.8) is 0 Å². The maximum atomic E-state index is 11.9. The summed E-state index contributed by atoms with van der Waals surface area (Å²) in [5.41, 5.74) is 5.30. The molecule has 0 aliphatic heterocycles. The number of carbonyl (C=O) groups is 2. The second-order valence-electron chi connectivity index (χ2n) is 4.88. The minimum Gasteiger partial charge on any atom is -0.508 e. The topological polar surface area (TPSA) is 92.4 Å². The standard InChI is InChI=1S/C13H18N2O3/c1-8-9(5-4-6-10(8)16)11(17)15-7-13(2,3)12(14)18/h4-6,16H,7H2,1-3H3,(H2,14,18)(H,15,17). The van der Waals surface area contributed by atoms with Gasteiger partial charge in [-0.15, -0.1) is 0 Å². The number of phenolic OH excluding ortho intramolecular Hbond substituents is 1. The second-order valence-corrected chi connectivity index (χ2v) is 4.88. The summed E-state index contributed by atoms with van der Waals surface area (Å²) in [6, 6.07) is 4.72. The molecular weight excluding hydrogens is 232 g/mol. The van der Waals surface area contributed by atoms with Crippen molar-refractivity contribution in [2.75, 3.05) is 6.54 Å². The van der Waals surface area contributed by atoms with Crippen LogP contribution in [-0.2, 0) is 4.79 Å². The molecule has 2 amide bonds. The van der Waals surface area contributed by atoms with E-state index in [4.69, 9.17) is 5.73 Å². The Morgan fingerprint density at radius 1 is 1.39 bits per heavy atom. The van der Waals surface area contributed by atoms with Gasteiger partial charge >= 0.3 is 0 Å². The van der Waals surface area contributed by atoms with Gasteiger partial charge in [0.1, 0.15) is 5.75 Å². The maximum absolute atomic E-state index is 11.9. The molecule has 0 atom stereocenters. The summed E-state index contributed by atoms with van der Waals surface area (Å²) in [5.74, 6) is -0.745. The molecule has 0 unspecified atom stereocenters. The average molecular weight is 250 g/mol. The van der Waals surface area contributed by atoms with Gasteiger partial charge in [-0.25, -0.2) is 0 Å². The van der Waals surface area contributed by atoms with Crippen LogP contribution in [0.15, 0.2) is 18.2 Å². The van der Waals surface area contributed by atoms with E-state index in [9.17, 15) is 14.7 Å². The maximum Gasteiger partial charge on any atom is 0.251 e. The summed E-state index contributed by atoms with van der Waals surface area (Å²) in [4.78, 5) is 23.0. The molecule has 18 heavy (non-hydrogen) atoms. The van der Waals surface area contributed by atoms with E-state index in [0.717, 1.165) is 0 Å². The van der Waals surface area contributed by atoms with Crippen molar-refractivity contribution in [1.82, 2.24) is 5.32 Å². The number of carbonyl (C=O) groups excluding carboxylic acids is 2. The first-order chi connectivity index (χ1) is 8.25. The monoisotopic (exact) mass is 250 g/mol. The number of amides is 2. The van der Waals surface area contributed by atoms with Crippen molar-refractivity contribution in [1.29, 1.82) is 0 Å². The van der Waals surface area contributed by atoms with Crippen molar-refractivity contribution in [2.45, 2.75) is 20.8 Å². The lowest BCUT2D eigenvalue weighted by Gasteiger charge is -2.21. The lowest BCUT2D eigenvalue weighted by Crippen LogP contribution is -2.42. The van der Waals surface area contributed by atoms with Crippen molar-refractivity contribution in [2.24, 2.45) is 11.1 Å². The molecular formula is C13H18N2O3. The molecule has 0 heterocycles. The van der Waals surface area contributed by atoms with E-state index in [1.54, 1.807) is 32.9 Å². The van der Waals surface area contributed by atoms with Crippen LogP contribution >= 0.6 is 0 Å². The number of nitrogens with one attached hydrogen (secondary N) is 1. The van der Waals surface area contributed by atoms with E-state index >= 15 is 0 Å². The minimum absolute atomic E-state index is 0.0665. The van der Waals surface area contributed by atoms with Crippen LogP contribution in [0.1, 0.15) is 29.8 Å². The highest BCUT2D eigenvalue weighted by Crippen LogP contribution is 2.20. The number of phenols is 1. The largest absolute Gasteiger partial charge is 0.508 e. The van der Waals surface area contributed by atoms with Gasteiger partial charge in [0.2, 0.25) is 5.91 Å². The lowest BCUT2D eigenvalue weighted by atomic mass is 9.92.